The summed E-state index contributed by atoms with van der Waals surface area (Å²) >= 11 is 0. The van der Waals surface area contributed by atoms with Crippen LogP contribution in [0.25, 0.3) is 0 Å². The van der Waals surface area contributed by atoms with Crippen LogP contribution in [0.2, 0.25) is 0 Å². The zero-order valence-corrected chi connectivity index (χ0v) is 19.3. The number of carbonyl (C=O) groups is 2. The molecule has 1 saturated heterocycles. The van der Waals surface area contributed by atoms with Gasteiger partial charge in [0.2, 0.25) is 5.91 Å². The predicted octanol–water partition coefficient (Wildman–Crippen LogP) is 3.43. The molecule has 180 valence electrons. The number of amides is 1. The molecule has 1 unspecified atom stereocenters. The molecule has 1 amide bonds. The number of hydrogen-bond donors (Lipinski definition) is 1. The zero-order chi connectivity index (χ0) is 22.9. The van der Waals surface area contributed by atoms with E-state index in [-0.39, 0.29) is 44.2 Å². The zero-order valence-electron chi connectivity index (χ0n) is 19.3. The lowest BCUT2D eigenvalue weighted by Gasteiger charge is -2.43. The highest BCUT2D eigenvalue weighted by atomic mass is 19.3. The Labute approximate surface area is 185 Å². The number of Topliss-reactive ketones (excluding diaryl/α,β-unsaturated/α-hetero) is 1. The number of halogens is 2. The van der Waals surface area contributed by atoms with Gasteiger partial charge in [0.05, 0.1) is 32.5 Å². The second kappa shape index (κ2) is 12.8. The SMILES string of the molecule is CCCC(=O)C1CCC(N2CCC(C(=O)NCCOCCOC(C)C)C(F)(F)C2)CC1. The van der Waals surface area contributed by atoms with Crippen molar-refractivity contribution in [1.82, 2.24) is 10.2 Å². The summed E-state index contributed by atoms with van der Waals surface area (Å²) in [7, 11) is 0. The molecule has 0 spiro atoms. The average Bonchev–Trinajstić information content (AvgIpc) is 2.72. The number of likely N-dealkylation sites (tertiary alicyclic amines) is 1. The van der Waals surface area contributed by atoms with Crippen LogP contribution in [0.5, 0.6) is 0 Å². The molecule has 31 heavy (non-hydrogen) atoms. The summed E-state index contributed by atoms with van der Waals surface area (Å²) in [5.41, 5.74) is 0. The van der Waals surface area contributed by atoms with Crippen molar-refractivity contribution >= 4 is 11.7 Å². The molecule has 1 aliphatic carbocycles. The molecule has 2 aliphatic rings. The van der Waals surface area contributed by atoms with Gasteiger partial charge >= 0.3 is 0 Å². The monoisotopic (exact) mass is 446 g/mol. The number of ether oxygens (including phenoxy) is 2. The quantitative estimate of drug-likeness (QED) is 0.465. The van der Waals surface area contributed by atoms with Gasteiger partial charge in [-0.1, -0.05) is 6.92 Å². The molecule has 1 heterocycles. The van der Waals surface area contributed by atoms with E-state index in [2.05, 4.69) is 5.32 Å². The minimum Gasteiger partial charge on any atom is -0.377 e. The first kappa shape index (κ1) is 26.1. The van der Waals surface area contributed by atoms with E-state index in [1.165, 1.54) is 0 Å². The first-order chi connectivity index (χ1) is 14.7. The van der Waals surface area contributed by atoms with Gasteiger partial charge in [0.25, 0.3) is 5.92 Å². The molecular formula is C23H40F2N2O4. The van der Waals surface area contributed by atoms with Gasteiger partial charge in [0.15, 0.2) is 0 Å². The molecule has 8 heteroatoms. The Morgan fingerprint density at radius 3 is 2.42 bits per heavy atom. The highest BCUT2D eigenvalue weighted by Crippen LogP contribution is 2.37. The number of piperidine rings is 1. The average molecular weight is 447 g/mol. The number of alkyl halides is 2. The Morgan fingerprint density at radius 2 is 1.81 bits per heavy atom. The van der Waals surface area contributed by atoms with E-state index >= 15 is 0 Å². The minimum absolute atomic E-state index is 0.0852. The molecule has 1 aliphatic heterocycles. The van der Waals surface area contributed by atoms with Crippen LogP contribution in [0.1, 0.15) is 65.7 Å². The molecule has 6 nitrogen and oxygen atoms in total. The molecular weight excluding hydrogens is 406 g/mol. The Bertz CT molecular complexity index is 566. The van der Waals surface area contributed by atoms with Gasteiger partial charge in [-0.2, -0.15) is 0 Å². The molecule has 0 aromatic rings. The molecule has 0 aromatic heterocycles. The van der Waals surface area contributed by atoms with Crippen LogP contribution in [0.15, 0.2) is 0 Å². The summed E-state index contributed by atoms with van der Waals surface area (Å²) in [6.45, 7) is 7.36. The van der Waals surface area contributed by atoms with E-state index in [1.54, 1.807) is 0 Å². The Kier molecular flexibility index (Phi) is 10.8. The summed E-state index contributed by atoms with van der Waals surface area (Å²) in [6, 6.07) is 0.0852. The van der Waals surface area contributed by atoms with Crippen LogP contribution in [-0.4, -0.2) is 74.1 Å². The van der Waals surface area contributed by atoms with Crippen molar-refractivity contribution in [2.75, 3.05) is 39.5 Å². The van der Waals surface area contributed by atoms with E-state index in [9.17, 15) is 18.4 Å². The van der Waals surface area contributed by atoms with Crippen LogP contribution in [0.4, 0.5) is 8.78 Å². The Hall–Kier alpha value is -1.12. The number of hydrogen-bond acceptors (Lipinski definition) is 5. The van der Waals surface area contributed by atoms with Crippen molar-refractivity contribution in [2.24, 2.45) is 11.8 Å². The van der Waals surface area contributed by atoms with E-state index in [0.717, 1.165) is 32.1 Å². The standard InChI is InChI=1S/C23H40F2N2O4/c1-4-5-21(28)18-6-8-19(9-7-18)27-12-10-20(23(24,25)16-27)22(29)26-11-13-30-14-15-31-17(2)3/h17-20H,4-16H2,1-3H3,(H,26,29). The fraction of sp³-hybridized carbons (Fsp3) is 0.913. The third-order valence-corrected chi connectivity index (χ3v) is 6.33. The summed E-state index contributed by atoms with van der Waals surface area (Å²) in [5.74, 6) is -4.53. The second-order valence-corrected chi connectivity index (χ2v) is 9.12. The van der Waals surface area contributed by atoms with Gasteiger partial charge in [-0.3, -0.25) is 14.5 Å². The molecule has 2 fully saturated rings. The summed E-state index contributed by atoms with van der Waals surface area (Å²) < 4.78 is 40.3. The summed E-state index contributed by atoms with van der Waals surface area (Å²) in [4.78, 5) is 26.3. The first-order valence-electron chi connectivity index (χ1n) is 11.9. The summed E-state index contributed by atoms with van der Waals surface area (Å²) in [5, 5.41) is 2.59. The second-order valence-electron chi connectivity index (χ2n) is 9.12. The molecule has 1 N–H and O–H groups in total. The van der Waals surface area contributed by atoms with Gasteiger partial charge in [0, 0.05) is 24.9 Å². The fourth-order valence-electron chi connectivity index (χ4n) is 4.63. The minimum atomic E-state index is -3.05. The number of rotatable bonds is 12. The maximum atomic E-state index is 14.8. The van der Waals surface area contributed by atoms with Crippen LogP contribution in [0, 0.1) is 11.8 Å². The summed E-state index contributed by atoms with van der Waals surface area (Å²) in [6.07, 6.45) is 4.90. The van der Waals surface area contributed by atoms with Crippen molar-refractivity contribution in [3.05, 3.63) is 0 Å². The van der Waals surface area contributed by atoms with Gasteiger partial charge in [-0.05, 0) is 58.9 Å². The van der Waals surface area contributed by atoms with Crippen molar-refractivity contribution in [1.29, 1.82) is 0 Å². The van der Waals surface area contributed by atoms with Crippen molar-refractivity contribution in [2.45, 2.75) is 83.8 Å². The topological polar surface area (TPSA) is 67.9 Å². The lowest BCUT2D eigenvalue weighted by atomic mass is 9.80. The van der Waals surface area contributed by atoms with Crippen molar-refractivity contribution in [3.63, 3.8) is 0 Å². The third kappa shape index (κ3) is 8.39. The highest BCUT2D eigenvalue weighted by molar-refractivity contribution is 5.81. The van der Waals surface area contributed by atoms with E-state index in [1.807, 2.05) is 25.7 Å². The molecule has 2 rings (SSSR count). The molecule has 0 aromatic carbocycles. The van der Waals surface area contributed by atoms with Crippen LogP contribution < -0.4 is 5.32 Å². The lowest BCUT2D eigenvalue weighted by Crippen LogP contribution is -2.56. The van der Waals surface area contributed by atoms with Gasteiger partial charge in [-0.15, -0.1) is 0 Å². The predicted molar refractivity (Wildman–Crippen MR) is 115 cm³/mol. The number of ketones is 1. The Morgan fingerprint density at radius 1 is 1.10 bits per heavy atom. The number of carbonyl (C=O) groups excluding carboxylic acids is 2. The largest absolute Gasteiger partial charge is 0.377 e. The number of nitrogens with one attached hydrogen (secondary N) is 1. The van der Waals surface area contributed by atoms with Crippen molar-refractivity contribution < 1.29 is 27.8 Å². The van der Waals surface area contributed by atoms with E-state index in [0.29, 0.717) is 32.0 Å². The third-order valence-electron chi connectivity index (χ3n) is 6.33. The van der Waals surface area contributed by atoms with Crippen molar-refractivity contribution in [3.8, 4) is 0 Å². The van der Waals surface area contributed by atoms with Gasteiger partial charge < -0.3 is 14.8 Å². The van der Waals surface area contributed by atoms with E-state index in [4.69, 9.17) is 9.47 Å². The molecule has 0 radical (unpaired) electrons. The number of nitrogens with zero attached hydrogens (tertiary/aromatic N) is 1. The van der Waals surface area contributed by atoms with Crippen LogP contribution in [0.3, 0.4) is 0 Å². The normalized spacial score (nSPS) is 26.7. The van der Waals surface area contributed by atoms with Gasteiger partial charge in [0.1, 0.15) is 11.7 Å². The Balaban J connectivity index is 1.70. The van der Waals surface area contributed by atoms with Crippen LogP contribution in [-0.2, 0) is 19.1 Å². The smallest absolute Gasteiger partial charge is 0.272 e. The molecule has 1 atom stereocenters. The first-order valence-corrected chi connectivity index (χ1v) is 11.9. The molecule has 1 saturated carbocycles. The fourth-order valence-corrected chi connectivity index (χ4v) is 4.63. The molecule has 0 bridgehead atoms. The lowest BCUT2D eigenvalue weighted by molar-refractivity contribution is -0.155. The maximum Gasteiger partial charge on any atom is 0.272 e. The highest BCUT2D eigenvalue weighted by Gasteiger charge is 2.49. The van der Waals surface area contributed by atoms with Gasteiger partial charge in [-0.25, -0.2) is 8.78 Å². The van der Waals surface area contributed by atoms with Crippen LogP contribution >= 0.6 is 0 Å². The maximum absolute atomic E-state index is 14.8. The van der Waals surface area contributed by atoms with E-state index < -0.39 is 17.7 Å².